The fraction of sp³-hybridized carbons (Fsp3) is 0.467. The lowest BCUT2D eigenvalue weighted by atomic mass is 10.1. The van der Waals surface area contributed by atoms with Crippen molar-refractivity contribution in [2.24, 2.45) is 0 Å². The molecule has 19 heavy (non-hydrogen) atoms. The first kappa shape index (κ1) is 15.2. The van der Waals surface area contributed by atoms with E-state index in [1.54, 1.807) is 30.1 Å². The van der Waals surface area contributed by atoms with Crippen LogP contribution < -0.4 is 10.2 Å². The molecule has 1 N–H and O–H groups in total. The van der Waals surface area contributed by atoms with Crippen LogP contribution in [-0.4, -0.2) is 25.0 Å². The lowest BCUT2D eigenvalue weighted by molar-refractivity contribution is -0.118. The highest BCUT2D eigenvalue weighted by molar-refractivity contribution is 5.94. The van der Waals surface area contributed by atoms with Gasteiger partial charge in [0.2, 0.25) is 5.91 Å². The largest absolute Gasteiger partial charge is 0.314 e. The average molecular weight is 259 g/mol. The van der Waals surface area contributed by atoms with E-state index in [1.807, 2.05) is 6.07 Å². The van der Waals surface area contributed by atoms with E-state index in [0.29, 0.717) is 24.2 Å². The summed E-state index contributed by atoms with van der Waals surface area (Å²) in [5.74, 6) is -0.000509. The first-order valence-electron chi connectivity index (χ1n) is 6.36. The van der Waals surface area contributed by atoms with Gasteiger partial charge in [-0.2, -0.15) is 5.26 Å². The summed E-state index contributed by atoms with van der Waals surface area (Å²) < 4.78 is 0. The van der Waals surface area contributed by atoms with Gasteiger partial charge in [-0.15, -0.1) is 0 Å². The van der Waals surface area contributed by atoms with E-state index in [2.05, 4.69) is 32.2 Å². The number of carbonyl (C=O) groups is 1. The maximum atomic E-state index is 12.1. The molecule has 102 valence electrons. The smallest absolute Gasteiger partial charge is 0.228 e. The van der Waals surface area contributed by atoms with Gasteiger partial charge in [0.25, 0.3) is 0 Å². The fourth-order valence-electron chi connectivity index (χ4n) is 1.71. The lowest BCUT2D eigenvalue weighted by Gasteiger charge is -2.22. The van der Waals surface area contributed by atoms with Gasteiger partial charge in [-0.1, -0.05) is 12.1 Å². The quantitative estimate of drug-likeness (QED) is 0.902. The van der Waals surface area contributed by atoms with Gasteiger partial charge in [-0.3, -0.25) is 4.79 Å². The van der Waals surface area contributed by atoms with Crippen LogP contribution in [0.15, 0.2) is 24.3 Å². The first-order chi connectivity index (χ1) is 8.85. The Morgan fingerprint density at radius 3 is 2.58 bits per heavy atom. The minimum Gasteiger partial charge on any atom is -0.314 e. The Bertz CT molecular complexity index is 483. The number of hydrogen-bond acceptors (Lipinski definition) is 3. The monoisotopic (exact) mass is 259 g/mol. The van der Waals surface area contributed by atoms with Gasteiger partial charge >= 0.3 is 0 Å². The van der Waals surface area contributed by atoms with Gasteiger partial charge in [-0.05, 0) is 32.9 Å². The second kappa shape index (κ2) is 6.35. The van der Waals surface area contributed by atoms with Crippen molar-refractivity contribution in [1.29, 1.82) is 5.26 Å². The Kier molecular flexibility index (Phi) is 5.08. The summed E-state index contributed by atoms with van der Waals surface area (Å²) in [5, 5.41) is 12.3. The molecule has 1 amide bonds. The molecule has 0 radical (unpaired) electrons. The summed E-state index contributed by atoms with van der Waals surface area (Å²) in [6, 6.07) is 9.22. The summed E-state index contributed by atoms with van der Waals surface area (Å²) in [5.41, 5.74) is 1.18. The van der Waals surface area contributed by atoms with Crippen LogP contribution in [0, 0.1) is 11.3 Å². The van der Waals surface area contributed by atoms with E-state index in [9.17, 15) is 4.79 Å². The Morgan fingerprint density at radius 2 is 2.00 bits per heavy atom. The molecule has 0 saturated carbocycles. The molecule has 1 aromatic carbocycles. The van der Waals surface area contributed by atoms with E-state index in [4.69, 9.17) is 5.26 Å². The number of nitriles is 1. The summed E-state index contributed by atoms with van der Waals surface area (Å²) in [7, 11) is 1.70. The van der Waals surface area contributed by atoms with Crippen molar-refractivity contribution in [3.63, 3.8) is 0 Å². The van der Waals surface area contributed by atoms with Crippen molar-refractivity contribution >= 4 is 11.6 Å². The van der Waals surface area contributed by atoms with Crippen LogP contribution in [-0.2, 0) is 4.79 Å². The van der Waals surface area contributed by atoms with E-state index in [0.717, 1.165) is 0 Å². The van der Waals surface area contributed by atoms with Gasteiger partial charge in [0.1, 0.15) is 6.07 Å². The minimum absolute atomic E-state index is 0.000509. The number of carbonyl (C=O) groups excluding carboxylic acids is 1. The Hall–Kier alpha value is -1.86. The van der Waals surface area contributed by atoms with Gasteiger partial charge in [0, 0.05) is 25.6 Å². The predicted octanol–water partition coefficient (Wildman–Crippen LogP) is 2.30. The minimum atomic E-state index is -0.000509. The lowest BCUT2D eigenvalue weighted by Crippen LogP contribution is -2.39. The number of nitrogens with zero attached hydrogens (tertiary/aromatic N) is 2. The predicted molar refractivity (Wildman–Crippen MR) is 76.9 cm³/mol. The average Bonchev–Trinajstić information content (AvgIpc) is 2.36. The molecule has 4 nitrogen and oxygen atoms in total. The van der Waals surface area contributed by atoms with E-state index >= 15 is 0 Å². The molecular weight excluding hydrogens is 238 g/mol. The molecule has 0 aliphatic rings. The number of benzene rings is 1. The first-order valence-corrected chi connectivity index (χ1v) is 6.36. The summed E-state index contributed by atoms with van der Waals surface area (Å²) in [6.45, 7) is 6.81. The van der Waals surface area contributed by atoms with E-state index in [1.165, 1.54) is 0 Å². The number of hydrogen-bond donors (Lipinski definition) is 1. The number of nitrogens with one attached hydrogen (secondary N) is 1. The van der Waals surface area contributed by atoms with Crippen LogP contribution >= 0.6 is 0 Å². The SMILES string of the molecule is CN(C(=O)CCNC(C)(C)C)c1ccccc1C#N. The van der Waals surface area contributed by atoms with Gasteiger partial charge in [-0.25, -0.2) is 0 Å². The highest BCUT2D eigenvalue weighted by Gasteiger charge is 2.15. The fourth-order valence-corrected chi connectivity index (χ4v) is 1.71. The Morgan fingerprint density at radius 1 is 1.37 bits per heavy atom. The van der Waals surface area contributed by atoms with Crippen molar-refractivity contribution in [2.75, 3.05) is 18.5 Å². The highest BCUT2D eigenvalue weighted by atomic mass is 16.2. The number of amides is 1. The molecule has 0 saturated heterocycles. The molecule has 0 fully saturated rings. The van der Waals surface area contributed by atoms with Crippen LogP contribution in [0.25, 0.3) is 0 Å². The van der Waals surface area contributed by atoms with Crippen molar-refractivity contribution in [2.45, 2.75) is 32.7 Å². The van der Waals surface area contributed by atoms with Crippen LogP contribution in [0.3, 0.4) is 0 Å². The third-order valence-electron chi connectivity index (χ3n) is 2.75. The molecular formula is C15H21N3O. The molecule has 0 atom stereocenters. The Balaban J connectivity index is 2.65. The highest BCUT2D eigenvalue weighted by Crippen LogP contribution is 2.18. The van der Waals surface area contributed by atoms with Crippen LogP contribution in [0.1, 0.15) is 32.8 Å². The zero-order valence-electron chi connectivity index (χ0n) is 12.0. The number of anilines is 1. The zero-order chi connectivity index (χ0) is 14.5. The van der Waals surface area contributed by atoms with Crippen molar-refractivity contribution < 1.29 is 4.79 Å². The summed E-state index contributed by atoms with van der Waals surface area (Å²) in [6.07, 6.45) is 0.410. The van der Waals surface area contributed by atoms with Gasteiger partial charge in [0.15, 0.2) is 0 Å². The molecule has 4 heteroatoms. The van der Waals surface area contributed by atoms with Crippen LogP contribution in [0.4, 0.5) is 5.69 Å². The number of rotatable bonds is 4. The topological polar surface area (TPSA) is 56.1 Å². The molecule has 1 rings (SSSR count). The van der Waals surface area contributed by atoms with Crippen LogP contribution in [0.5, 0.6) is 0 Å². The molecule has 0 aromatic heterocycles. The molecule has 0 aliphatic heterocycles. The van der Waals surface area contributed by atoms with Crippen molar-refractivity contribution in [1.82, 2.24) is 5.32 Å². The number of para-hydroxylation sites is 1. The molecule has 0 heterocycles. The normalized spacial score (nSPS) is 10.9. The Labute approximate surface area is 115 Å². The van der Waals surface area contributed by atoms with Gasteiger partial charge in [0.05, 0.1) is 11.3 Å². The molecule has 0 aliphatic carbocycles. The second-order valence-electron chi connectivity index (χ2n) is 5.51. The van der Waals surface area contributed by atoms with Gasteiger partial charge < -0.3 is 10.2 Å². The molecule has 0 spiro atoms. The van der Waals surface area contributed by atoms with E-state index < -0.39 is 0 Å². The van der Waals surface area contributed by atoms with E-state index in [-0.39, 0.29) is 11.4 Å². The third kappa shape index (κ3) is 4.72. The maximum absolute atomic E-state index is 12.1. The zero-order valence-corrected chi connectivity index (χ0v) is 12.0. The van der Waals surface area contributed by atoms with Crippen LogP contribution in [0.2, 0.25) is 0 Å². The standard InChI is InChI=1S/C15H21N3O/c1-15(2,3)17-10-9-14(19)18(4)13-8-6-5-7-12(13)11-16/h5-8,17H,9-10H2,1-4H3. The summed E-state index contributed by atoms with van der Waals surface area (Å²) in [4.78, 5) is 13.6. The summed E-state index contributed by atoms with van der Waals surface area (Å²) >= 11 is 0. The molecule has 0 unspecified atom stereocenters. The van der Waals surface area contributed by atoms with Crippen molar-refractivity contribution in [3.8, 4) is 6.07 Å². The molecule has 0 bridgehead atoms. The third-order valence-corrected chi connectivity index (χ3v) is 2.75. The molecule has 1 aromatic rings. The van der Waals surface area contributed by atoms with Crippen molar-refractivity contribution in [3.05, 3.63) is 29.8 Å². The second-order valence-corrected chi connectivity index (χ2v) is 5.51. The maximum Gasteiger partial charge on any atom is 0.228 e.